The molecule has 1 aromatic heterocycles. The smallest absolute Gasteiger partial charge is 0.0794 e. The van der Waals surface area contributed by atoms with Crippen molar-refractivity contribution in [1.82, 2.24) is 10.3 Å². The first kappa shape index (κ1) is 13.0. The molecule has 1 atom stereocenters. The van der Waals surface area contributed by atoms with Crippen LogP contribution in [0.25, 0.3) is 0 Å². The largest absolute Gasteiger partial charge is 0.313 e. The average molecular weight is 252 g/mol. The predicted molar refractivity (Wildman–Crippen MR) is 74.5 cm³/mol. The topological polar surface area (TPSA) is 24.9 Å². The lowest BCUT2D eigenvalue weighted by molar-refractivity contribution is 0.187. The van der Waals surface area contributed by atoms with Crippen LogP contribution in [0.3, 0.4) is 0 Å². The van der Waals surface area contributed by atoms with Crippen LogP contribution in [0.15, 0.2) is 11.7 Å². The highest BCUT2D eigenvalue weighted by Crippen LogP contribution is 2.44. The van der Waals surface area contributed by atoms with E-state index in [9.17, 15) is 0 Å². The number of nitrogens with zero attached hydrogens (tertiary/aromatic N) is 1. The van der Waals surface area contributed by atoms with Gasteiger partial charge in [-0.25, -0.2) is 0 Å². The molecule has 1 fully saturated rings. The molecule has 0 aliphatic heterocycles. The van der Waals surface area contributed by atoms with E-state index in [1.165, 1.54) is 37.0 Å². The molecule has 0 saturated heterocycles. The molecule has 2 nitrogen and oxygen atoms in total. The highest BCUT2D eigenvalue weighted by molar-refractivity contribution is 7.09. The van der Waals surface area contributed by atoms with E-state index in [4.69, 9.17) is 0 Å². The van der Waals surface area contributed by atoms with Gasteiger partial charge in [-0.1, -0.05) is 26.7 Å². The van der Waals surface area contributed by atoms with Crippen molar-refractivity contribution in [3.63, 3.8) is 0 Å². The Morgan fingerprint density at radius 2 is 2.18 bits per heavy atom. The highest BCUT2D eigenvalue weighted by atomic mass is 32.1. The lowest BCUT2D eigenvalue weighted by Gasteiger charge is -2.37. The Morgan fingerprint density at radius 1 is 1.41 bits per heavy atom. The second-order valence-corrected chi connectivity index (χ2v) is 6.18. The van der Waals surface area contributed by atoms with Gasteiger partial charge >= 0.3 is 0 Å². The summed E-state index contributed by atoms with van der Waals surface area (Å²) in [6, 6.07) is 0.639. The zero-order valence-corrected chi connectivity index (χ0v) is 11.9. The molecule has 0 bridgehead atoms. The standard InChI is InChI=1S/C14H24N2S/c1-3-14(7-5-6-8-14)13(16-4-2)9-12-10-15-11-17-12/h10-11,13,16H,3-9H2,1-2H3. The summed E-state index contributed by atoms with van der Waals surface area (Å²) >= 11 is 1.79. The van der Waals surface area contributed by atoms with Gasteiger partial charge in [0, 0.05) is 17.1 Å². The minimum absolute atomic E-state index is 0.542. The van der Waals surface area contributed by atoms with Crippen molar-refractivity contribution in [2.24, 2.45) is 5.41 Å². The molecule has 3 heteroatoms. The number of hydrogen-bond donors (Lipinski definition) is 1. The van der Waals surface area contributed by atoms with Gasteiger partial charge < -0.3 is 5.32 Å². The first-order chi connectivity index (χ1) is 8.30. The fourth-order valence-corrected chi connectivity index (χ4v) is 3.96. The number of rotatable bonds is 6. The second-order valence-electron chi connectivity index (χ2n) is 5.21. The van der Waals surface area contributed by atoms with E-state index in [-0.39, 0.29) is 0 Å². The maximum absolute atomic E-state index is 4.20. The van der Waals surface area contributed by atoms with Crippen molar-refractivity contribution in [1.29, 1.82) is 0 Å². The molecule has 96 valence electrons. The van der Waals surface area contributed by atoms with Crippen LogP contribution in [-0.4, -0.2) is 17.6 Å². The minimum Gasteiger partial charge on any atom is -0.313 e. The summed E-state index contributed by atoms with van der Waals surface area (Å²) in [6.07, 6.45) is 10.1. The summed E-state index contributed by atoms with van der Waals surface area (Å²) in [5.74, 6) is 0. The highest BCUT2D eigenvalue weighted by Gasteiger charge is 2.39. The van der Waals surface area contributed by atoms with Gasteiger partial charge in [0.1, 0.15) is 0 Å². The molecule has 1 aromatic rings. The summed E-state index contributed by atoms with van der Waals surface area (Å²) in [7, 11) is 0. The monoisotopic (exact) mass is 252 g/mol. The Labute approximate surface area is 109 Å². The van der Waals surface area contributed by atoms with Crippen molar-refractivity contribution >= 4 is 11.3 Å². The number of likely N-dealkylation sites (N-methyl/N-ethyl adjacent to an activating group) is 1. The molecule has 0 amide bonds. The summed E-state index contributed by atoms with van der Waals surface area (Å²) in [6.45, 7) is 5.66. The summed E-state index contributed by atoms with van der Waals surface area (Å²) < 4.78 is 0. The van der Waals surface area contributed by atoms with E-state index in [2.05, 4.69) is 24.1 Å². The third kappa shape index (κ3) is 2.89. The van der Waals surface area contributed by atoms with Crippen LogP contribution in [0.4, 0.5) is 0 Å². The molecule has 0 radical (unpaired) electrons. The Hall–Kier alpha value is -0.410. The van der Waals surface area contributed by atoms with E-state index in [0.29, 0.717) is 11.5 Å². The quantitative estimate of drug-likeness (QED) is 0.836. The molecule has 1 saturated carbocycles. The molecular weight excluding hydrogens is 228 g/mol. The minimum atomic E-state index is 0.542. The van der Waals surface area contributed by atoms with E-state index in [1.807, 2.05) is 11.7 Å². The molecule has 1 heterocycles. The van der Waals surface area contributed by atoms with Gasteiger partial charge in [0.2, 0.25) is 0 Å². The van der Waals surface area contributed by atoms with Crippen molar-refractivity contribution in [2.75, 3.05) is 6.54 Å². The van der Waals surface area contributed by atoms with Crippen molar-refractivity contribution in [3.05, 3.63) is 16.6 Å². The fraction of sp³-hybridized carbons (Fsp3) is 0.786. The van der Waals surface area contributed by atoms with Crippen LogP contribution >= 0.6 is 11.3 Å². The van der Waals surface area contributed by atoms with Crippen molar-refractivity contribution in [2.45, 2.75) is 58.4 Å². The molecule has 1 aliphatic rings. The van der Waals surface area contributed by atoms with Crippen molar-refractivity contribution < 1.29 is 0 Å². The summed E-state index contributed by atoms with van der Waals surface area (Å²) in [4.78, 5) is 5.63. The average Bonchev–Trinajstić information content (AvgIpc) is 3.00. The molecule has 2 rings (SSSR count). The van der Waals surface area contributed by atoms with Crippen LogP contribution in [-0.2, 0) is 6.42 Å². The van der Waals surface area contributed by atoms with Crippen LogP contribution in [0.2, 0.25) is 0 Å². The van der Waals surface area contributed by atoms with Crippen LogP contribution in [0.1, 0.15) is 50.8 Å². The third-order valence-corrected chi connectivity index (χ3v) is 5.18. The molecular formula is C14H24N2S. The van der Waals surface area contributed by atoms with Gasteiger partial charge in [-0.2, -0.15) is 0 Å². The Balaban J connectivity index is 2.09. The van der Waals surface area contributed by atoms with Gasteiger partial charge in [0.15, 0.2) is 0 Å². The van der Waals surface area contributed by atoms with E-state index in [0.717, 1.165) is 13.0 Å². The molecule has 0 aromatic carbocycles. The molecule has 1 N–H and O–H groups in total. The Bertz CT molecular complexity index is 315. The SMILES string of the molecule is CCNC(Cc1cncs1)C1(CC)CCCC1. The van der Waals surface area contributed by atoms with Gasteiger partial charge in [-0.3, -0.25) is 4.98 Å². The molecule has 1 aliphatic carbocycles. The molecule has 1 unspecified atom stereocenters. The number of hydrogen-bond acceptors (Lipinski definition) is 3. The fourth-order valence-electron chi connectivity index (χ4n) is 3.32. The Morgan fingerprint density at radius 3 is 2.71 bits per heavy atom. The Kier molecular flexibility index (Phi) is 4.57. The van der Waals surface area contributed by atoms with Gasteiger partial charge in [-0.15, -0.1) is 11.3 Å². The van der Waals surface area contributed by atoms with Crippen LogP contribution < -0.4 is 5.32 Å². The van der Waals surface area contributed by atoms with Crippen LogP contribution in [0, 0.1) is 5.41 Å². The normalized spacial score (nSPS) is 20.6. The van der Waals surface area contributed by atoms with Gasteiger partial charge in [0.25, 0.3) is 0 Å². The number of aromatic nitrogens is 1. The zero-order valence-electron chi connectivity index (χ0n) is 11.0. The number of thiazole rings is 1. The second kappa shape index (κ2) is 5.96. The first-order valence-corrected chi connectivity index (χ1v) is 7.79. The summed E-state index contributed by atoms with van der Waals surface area (Å²) in [5.41, 5.74) is 2.49. The zero-order chi connectivity index (χ0) is 12.1. The number of nitrogens with one attached hydrogen (secondary N) is 1. The lowest BCUT2D eigenvalue weighted by atomic mass is 9.74. The maximum atomic E-state index is 4.20. The van der Waals surface area contributed by atoms with E-state index >= 15 is 0 Å². The van der Waals surface area contributed by atoms with Crippen LogP contribution in [0.5, 0.6) is 0 Å². The lowest BCUT2D eigenvalue weighted by Crippen LogP contribution is -2.45. The van der Waals surface area contributed by atoms with E-state index < -0.39 is 0 Å². The van der Waals surface area contributed by atoms with Crippen molar-refractivity contribution in [3.8, 4) is 0 Å². The molecule has 0 spiro atoms. The van der Waals surface area contributed by atoms with Gasteiger partial charge in [-0.05, 0) is 37.6 Å². The molecule has 17 heavy (non-hydrogen) atoms. The predicted octanol–water partition coefficient (Wildman–Crippen LogP) is 3.63. The first-order valence-electron chi connectivity index (χ1n) is 6.91. The van der Waals surface area contributed by atoms with Gasteiger partial charge in [0.05, 0.1) is 5.51 Å². The summed E-state index contributed by atoms with van der Waals surface area (Å²) in [5, 5.41) is 3.73. The third-order valence-electron chi connectivity index (χ3n) is 4.38. The maximum Gasteiger partial charge on any atom is 0.0794 e. The van der Waals surface area contributed by atoms with E-state index in [1.54, 1.807) is 11.3 Å².